The number of rotatable bonds is 5. The Morgan fingerprint density at radius 1 is 1.53 bits per heavy atom. The second kappa shape index (κ2) is 5.31. The molecule has 96 valence electrons. The summed E-state index contributed by atoms with van der Waals surface area (Å²) in [5.74, 6) is 1.03. The normalized spacial score (nSPS) is 27.4. The summed E-state index contributed by atoms with van der Waals surface area (Å²) in [6.07, 6.45) is 4.54. The maximum Gasteiger partial charge on any atom is 0.236 e. The molecule has 17 heavy (non-hydrogen) atoms. The molecule has 1 saturated carbocycles. The first-order valence-corrected chi connectivity index (χ1v) is 6.73. The summed E-state index contributed by atoms with van der Waals surface area (Å²) in [5.41, 5.74) is 5.44. The molecule has 1 saturated heterocycles. The van der Waals surface area contributed by atoms with Crippen molar-refractivity contribution in [3.05, 3.63) is 0 Å². The number of hydrogen-bond acceptors (Lipinski definition) is 3. The van der Waals surface area contributed by atoms with Gasteiger partial charge in [-0.15, -0.1) is 0 Å². The van der Waals surface area contributed by atoms with Gasteiger partial charge in [0.05, 0.1) is 11.5 Å². The Morgan fingerprint density at radius 2 is 2.29 bits per heavy atom. The van der Waals surface area contributed by atoms with Gasteiger partial charge in [0.1, 0.15) is 0 Å². The highest BCUT2D eigenvalue weighted by Gasteiger charge is 2.38. The second-order valence-corrected chi connectivity index (χ2v) is 5.82. The molecule has 2 aliphatic rings. The van der Waals surface area contributed by atoms with Crippen LogP contribution in [0.15, 0.2) is 0 Å². The number of nitrogens with zero attached hydrogens (tertiary/aromatic N) is 2. The minimum Gasteiger partial charge on any atom is -0.393 e. The van der Waals surface area contributed by atoms with E-state index in [1.165, 1.54) is 19.3 Å². The Hall–Kier alpha value is -0.680. The fraction of sp³-hybridized carbons (Fsp3) is 0.833. The van der Waals surface area contributed by atoms with Crippen molar-refractivity contribution in [2.75, 3.05) is 26.7 Å². The zero-order valence-electron chi connectivity index (χ0n) is 10.4. The molecule has 0 spiro atoms. The van der Waals surface area contributed by atoms with Crippen molar-refractivity contribution < 1.29 is 4.79 Å². The summed E-state index contributed by atoms with van der Waals surface area (Å²) in [6, 6.07) is 0.660. The minimum absolute atomic E-state index is 0.189. The van der Waals surface area contributed by atoms with Crippen LogP contribution in [0.1, 0.15) is 25.7 Å². The molecule has 1 heterocycles. The number of carbonyl (C=O) groups is 1. The van der Waals surface area contributed by atoms with E-state index in [9.17, 15) is 4.79 Å². The lowest BCUT2D eigenvalue weighted by atomic mass is 10.1. The minimum atomic E-state index is 0.189. The van der Waals surface area contributed by atoms with Gasteiger partial charge in [0.2, 0.25) is 5.91 Å². The van der Waals surface area contributed by atoms with E-state index in [4.69, 9.17) is 18.0 Å². The predicted octanol–water partition coefficient (Wildman–Crippen LogP) is 0.605. The zero-order chi connectivity index (χ0) is 12.4. The van der Waals surface area contributed by atoms with Crippen molar-refractivity contribution in [1.29, 1.82) is 0 Å². The Balaban J connectivity index is 1.75. The average molecular weight is 255 g/mol. The molecular weight excluding hydrogens is 234 g/mol. The van der Waals surface area contributed by atoms with Gasteiger partial charge in [0.25, 0.3) is 0 Å². The standard InChI is InChI=1S/C12H21N3OS/c1-14(5-4-11(13)17)12(16)8-15-7-9-2-3-10(15)6-9/h9-10H,2-8H2,1H3,(H2,13,17). The van der Waals surface area contributed by atoms with E-state index in [1.807, 2.05) is 7.05 Å². The molecule has 1 aliphatic heterocycles. The molecule has 1 aliphatic carbocycles. The number of hydrogen-bond donors (Lipinski definition) is 1. The number of likely N-dealkylation sites (tertiary alicyclic amines) is 1. The van der Waals surface area contributed by atoms with Crippen molar-refractivity contribution in [2.45, 2.75) is 31.7 Å². The van der Waals surface area contributed by atoms with E-state index in [0.29, 0.717) is 30.5 Å². The molecule has 2 bridgehead atoms. The van der Waals surface area contributed by atoms with E-state index in [-0.39, 0.29) is 5.91 Å². The molecule has 0 aromatic heterocycles. The van der Waals surface area contributed by atoms with Crippen LogP contribution in [-0.2, 0) is 4.79 Å². The first kappa shape index (κ1) is 12.8. The van der Waals surface area contributed by atoms with Gasteiger partial charge in [-0.3, -0.25) is 9.69 Å². The number of nitrogens with two attached hydrogens (primary N) is 1. The third-order valence-corrected chi connectivity index (χ3v) is 4.18. The van der Waals surface area contributed by atoms with Crippen molar-refractivity contribution in [3.8, 4) is 0 Å². The van der Waals surface area contributed by atoms with Crippen LogP contribution in [0.3, 0.4) is 0 Å². The molecular formula is C12H21N3OS. The van der Waals surface area contributed by atoms with Crippen LogP contribution in [-0.4, -0.2) is 53.4 Å². The topological polar surface area (TPSA) is 49.6 Å². The van der Waals surface area contributed by atoms with Gasteiger partial charge in [0, 0.05) is 32.6 Å². The fourth-order valence-corrected chi connectivity index (χ4v) is 3.01. The maximum absolute atomic E-state index is 12.0. The summed E-state index contributed by atoms with van der Waals surface area (Å²) in [4.78, 5) is 16.5. The second-order valence-electron chi connectivity index (χ2n) is 5.29. The number of carbonyl (C=O) groups excluding carboxylic acids is 1. The summed E-state index contributed by atoms with van der Waals surface area (Å²) < 4.78 is 0. The third kappa shape index (κ3) is 3.16. The highest BCUT2D eigenvalue weighted by molar-refractivity contribution is 7.80. The number of thiocarbonyl (C=S) groups is 1. The van der Waals surface area contributed by atoms with Gasteiger partial charge < -0.3 is 10.6 Å². The average Bonchev–Trinajstić information content (AvgIpc) is 2.87. The maximum atomic E-state index is 12.0. The first-order valence-electron chi connectivity index (χ1n) is 6.32. The molecule has 0 aromatic rings. The van der Waals surface area contributed by atoms with Crippen molar-refractivity contribution in [3.63, 3.8) is 0 Å². The predicted molar refractivity (Wildman–Crippen MR) is 71.7 cm³/mol. The van der Waals surface area contributed by atoms with Crippen LogP contribution in [0.2, 0.25) is 0 Å². The molecule has 4 nitrogen and oxygen atoms in total. The van der Waals surface area contributed by atoms with Crippen LogP contribution in [0.5, 0.6) is 0 Å². The molecule has 2 fully saturated rings. The summed E-state index contributed by atoms with van der Waals surface area (Å²) in [5, 5.41) is 0. The molecule has 0 radical (unpaired) electrons. The van der Waals surface area contributed by atoms with E-state index < -0.39 is 0 Å². The Morgan fingerprint density at radius 3 is 2.82 bits per heavy atom. The molecule has 2 rings (SSSR count). The molecule has 2 atom stereocenters. The van der Waals surface area contributed by atoms with E-state index in [2.05, 4.69) is 4.90 Å². The van der Waals surface area contributed by atoms with Gasteiger partial charge >= 0.3 is 0 Å². The molecule has 2 unspecified atom stereocenters. The fourth-order valence-electron chi connectivity index (χ4n) is 2.92. The van der Waals surface area contributed by atoms with Gasteiger partial charge in [-0.25, -0.2) is 0 Å². The van der Waals surface area contributed by atoms with Crippen LogP contribution >= 0.6 is 12.2 Å². The number of fused-ring (bicyclic) bond motifs is 2. The summed E-state index contributed by atoms with van der Waals surface area (Å²) in [7, 11) is 1.83. The molecule has 5 heteroatoms. The molecule has 0 aromatic carbocycles. The van der Waals surface area contributed by atoms with Gasteiger partial charge in [-0.05, 0) is 25.2 Å². The lowest BCUT2D eigenvalue weighted by Gasteiger charge is -2.28. The molecule has 2 N–H and O–H groups in total. The lowest BCUT2D eigenvalue weighted by molar-refractivity contribution is -0.131. The van der Waals surface area contributed by atoms with Crippen molar-refractivity contribution >= 4 is 23.1 Å². The van der Waals surface area contributed by atoms with Crippen LogP contribution < -0.4 is 5.73 Å². The molecule has 1 amide bonds. The van der Waals surface area contributed by atoms with Gasteiger partial charge in [-0.2, -0.15) is 0 Å². The Bertz CT molecular complexity index is 321. The van der Waals surface area contributed by atoms with E-state index in [1.54, 1.807) is 4.90 Å². The van der Waals surface area contributed by atoms with Gasteiger partial charge in [-0.1, -0.05) is 12.2 Å². The third-order valence-electron chi connectivity index (χ3n) is 3.98. The van der Waals surface area contributed by atoms with E-state index >= 15 is 0 Å². The zero-order valence-corrected chi connectivity index (χ0v) is 11.2. The lowest BCUT2D eigenvalue weighted by Crippen LogP contribution is -2.42. The van der Waals surface area contributed by atoms with Crippen molar-refractivity contribution in [1.82, 2.24) is 9.80 Å². The monoisotopic (exact) mass is 255 g/mol. The van der Waals surface area contributed by atoms with Gasteiger partial charge in [0.15, 0.2) is 0 Å². The van der Waals surface area contributed by atoms with Crippen LogP contribution in [0, 0.1) is 5.92 Å². The number of piperidine rings is 1. The van der Waals surface area contributed by atoms with Crippen molar-refractivity contribution in [2.24, 2.45) is 11.7 Å². The van der Waals surface area contributed by atoms with Crippen LogP contribution in [0.4, 0.5) is 0 Å². The van der Waals surface area contributed by atoms with Crippen LogP contribution in [0.25, 0.3) is 0 Å². The number of likely N-dealkylation sites (N-methyl/N-ethyl adjacent to an activating group) is 1. The number of amides is 1. The quantitative estimate of drug-likeness (QED) is 0.731. The summed E-state index contributed by atoms with van der Waals surface area (Å²) in [6.45, 7) is 2.31. The highest BCUT2D eigenvalue weighted by atomic mass is 32.1. The summed E-state index contributed by atoms with van der Waals surface area (Å²) >= 11 is 4.82. The largest absolute Gasteiger partial charge is 0.393 e. The Labute approximate surface area is 108 Å². The highest BCUT2D eigenvalue weighted by Crippen LogP contribution is 2.36. The first-order chi connectivity index (χ1) is 8.06. The smallest absolute Gasteiger partial charge is 0.236 e. The SMILES string of the molecule is CN(CCC(N)=S)C(=O)CN1CC2CCC1C2. The van der Waals surface area contributed by atoms with E-state index in [0.717, 1.165) is 12.5 Å². The Kier molecular flexibility index (Phi) is 3.99.